The lowest BCUT2D eigenvalue weighted by atomic mass is 9.86. The maximum Gasteiger partial charge on any atom is 0.309 e. The van der Waals surface area contributed by atoms with Crippen LogP contribution in [0.4, 0.5) is 0 Å². The van der Waals surface area contributed by atoms with Gasteiger partial charge in [-0.25, -0.2) is 4.98 Å². The highest BCUT2D eigenvalue weighted by molar-refractivity contribution is 5.73. The number of oxazole rings is 1. The summed E-state index contributed by atoms with van der Waals surface area (Å²) in [6.45, 7) is 0.162. The van der Waals surface area contributed by atoms with Crippen LogP contribution in [0.25, 0.3) is 11.5 Å². The van der Waals surface area contributed by atoms with Crippen molar-refractivity contribution in [3.05, 3.63) is 36.2 Å². The number of aromatic nitrogens is 1. The SMILES string of the molecule is COc1ccc(-c2nc(COC(=O)C3CCC3)co2)cc1. The van der Waals surface area contributed by atoms with Gasteiger partial charge in [0, 0.05) is 5.56 Å². The summed E-state index contributed by atoms with van der Waals surface area (Å²) in [4.78, 5) is 16.0. The smallest absolute Gasteiger partial charge is 0.309 e. The molecule has 1 saturated carbocycles. The molecule has 3 rings (SSSR count). The lowest BCUT2D eigenvalue weighted by molar-refractivity contribution is -0.152. The molecule has 5 nitrogen and oxygen atoms in total. The molecule has 1 aromatic heterocycles. The van der Waals surface area contributed by atoms with Gasteiger partial charge in [0.15, 0.2) is 0 Å². The van der Waals surface area contributed by atoms with Crippen molar-refractivity contribution in [3.8, 4) is 17.2 Å². The average Bonchev–Trinajstić information content (AvgIpc) is 2.92. The molecule has 0 N–H and O–H groups in total. The average molecular weight is 287 g/mol. The van der Waals surface area contributed by atoms with E-state index in [1.54, 1.807) is 7.11 Å². The fraction of sp³-hybridized carbons (Fsp3) is 0.375. The zero-order valence-electron chi connectivity index (χ0n) is 11.9. The Balaban J connectivity index is 1.61. The van der Waals surface area contributed by atoms with Gasteiger partial charge in [-0.3, -0.25) is 4.79 Å². The number of esters is 1. The minimum Gasteiger partial charge on any atom is -0.497 e. The molecular formula is C16H17NO4. The zero-order chi connectivity index (χ0) is 14.7. The predicted octanol–water partition coefficient (Wildman–Crippen LogP) is 3.19. The lowest BCUT2D eigenvalue weighted by Gasteiger charge is -2.22. The molecule has 0 spiro atoms. The molecule has 1 aliphatic carbocycles. The first-order valence-corrected chi connectivity index (χ1v) is 7.02. The van der Waals surface area contributed by atoms with E-state index in [-0.39, 0.29) is 18.5 Å². The lowest BCUT2D eigenvalue weighted by Crippen LogP contribution is -2.23. The van der Waals surface area contributed by atoms with Crippen molar-refractivity contribution in [1.82, 2.24) is 4.98 Å². The molecular weight excluding hydrogens is 270 g/mol. The van der Waals surface area contributed by atoms with Crippen LogP contribution >= 0.6 is 0 Å². The van der Waals surface area contributed by atoms with Crippen LogP contribution < -0.4 is 4.74 Å². The Morgan fingerprint density at radius 1 is 1.33 bits per heavy atom. The number of hydrogen-bond donors (Lipinski definition) is 0. The van der Waals surface area contributed by atoms with Gasteiger partial charge in [-0.05, 0) is 37.1 Å². The van der Waals surface area contributed by atoms with Crippen molar-refractivity contribution in [2.75, 3.05) is 7.11 Å². The van der Waals surface area contributed by atoms with Crippen LogP contribution in [-0.4, -0.2) is 18.1 Å². The van der Waals surface area contributed by atoms with Crippen LogP contribution in [0.3, 0.4) is 0 Å². The molecule has 0 saturated heterocycles. The van der Waals surface area contributed by atoms with Crippen molar-refractivity contribution >= 4 is 5.97 Å². The predicted molar refractivity (Wildman–Crippen MR) is 75.6 cm³/mol. The number of nitrogens with zero attached hydrogens (tertiary/aromatic N) is 1. The van der Waals surface area contributed by atoms with Gasteiger partial charge in [0.1, 0.15) is 24.3 Å². The fourth-order valence-electron chi connectivity index (χ4n) is 2.15. The van der Waals surface area contributed by atoms with Gasteiger partial charge in [0.2, 0.25) is 5.89 Å². The maximum atomic E-state index is 11.7. The molecule has 0 radical (unpaired) electrons. The first-order valence-electron chi connectivity index (χ1n) is 7.02. The molecule has 1 aliphatic rings. The topological polar surface area (TPSA) is 61.6 Å². The summed E-state index contributed by atoms with van der Waals surface area (Å²) < 4.78 is 15.8. The Labute approximate surface area is 122 Å². The number of methoxy groups -OCH3 is 1. The van der Waals surface area contributed by atoms with Crippen LogP contribution in [0.5, 0.6) is 5.75 Å². The van der Waals surface area contributed by atoms with Gasteiger partial charge >= 0.3 is 5.97 Å². The van der Waals surface area contributed by atoms with Crippen LogP contribution in [0, 0.1) is 5.92 Å². The Kier molecular flexibility index (Phi) is 3.90. The third-order valence-electron chi connectivity index (χ3n) is 3.69. The van der Waals surface area contributed by atoms with Crippen molar-refractivity contribution < 1.29 is 18.7 Å². The summed E-state index contributed by atoms with van der Waals surface area (Å²) in [5, 5.41) is 0. The normalized spacial score (nSPS) is 14.5. The van der Waals surface area contributed by atoms with Crippen LogP contribution in [0.2, 0.25) is 0 Å². The summed E-state index contributed by atoms with van der Waals surface area (Å²) in [6, 6.07) is 7.43. The van der Waals surface area contributed by atoms with Gasteiger partial charge in [0.25, 0.3) is 0 Å². The third-order valence-corrected chi connectivity index (χ3v) is 3.69. The fourth-order valence-corrected chi connectivity index (χ4v) is 2.15. The van der Waals surface area contributed by atoms with Gasteiger partial charge in [-0.2, -0.15) is 0 Å². The zero-order valence-corrected chi connectivity index (χ0v) is 11.9. The van der Waals surface area contributed by atoms with E-state index < -0.39 is 0 Å². The minimum absolute atomic E-state index is 0.0814. The van der Waals surface area contributed by atoms with Gasteiger partial charge in [0.05, 0.1) is 13.0 Å². The molecule has 1 heterocycles. The molecule has 1 fully saturated rings. The molecule has 5 heteroatoms. The highest BCUT2D eigenvalue weighted by Crippen LogP contribution is 2.28. The summed E-state index contributed by atoms with van der Waals surface area (Å²) in [5.74, 6) is 1.24. The molecule has 21 heavy (non-hydrogen) atoms. The van der Waals surface area contributed by atoms with E-state index in [0.29, 0.717) is 11.6 Å². The first kappa shape index (κ1) is 13.7. The molecule has 0 amide bonds. The van der Waals surface area contributed by atoms with E-state index in [9.17, 15) is 4.79 Å². The Bertz CT molecular complexity index is 613. The van der Waals surface area contributed by atoms with E-state index in [4.69, 9.17) is 13.9 Å². The van der Waals surface area contributed by atoms with Crippen molar-refractivity contribution in [2.24, 2.45) is 5.92 Å². The van der Waals surface area contributed by atoms with Gasteiger partial charge in [-0.1, -0.05) is 6.42 Å². The van der Waals surface area contributed by atoms with E-state index in [2.05, 4.69) is 4.98 Å². The number of rotatable bonds is 5. The first-order chi connectivity index (χ1) is 10.3. The molecule has 0 aliphatic heterocycles. The summed E-state index contributed by atoms with van der Waals surface area (Å²) in [7, 11) is 1.62. The molecule has 0 bridgehead atoms. The molecule has 1 aromatic carbocycles. The largest absolute Gasteiger partial charge is 0.497 e. The van der Waals surface area contributed by atoms with E-state index in [1.165, 1.54) is 6.26 Å². The van der Waals surface area contributed by atoms with Crippen LogP contribution in [-0.2, 0) is 16.1 Å². The van der Waals surface area contributed by atoms with Gasteiger partial charge in [-0.15, -0.1) is 0 Å². The maximum absolute atomic E-state index is 11.7. The van der Waals surface area contributed by atoms with E-state index in [1.807, 2.05) is 24.3 Å². The van der Waals surface area contributed by atoms with Crippen LogP contribution in [0.1, 0.15) is 25.0 Å². The molecule has 110 valence electrons. The second-order valence-corrected chi connectivity index (χ2v) is 5.11. The monoisotopic (exact) mass is 287 g/mol. The second-order valence-electron chi connectivity index (χ2n) is 5.11. The third kappa shape index (κ3) is 3.07. The molecule has 2 aromatic rings. The van der Waals surface area contributed by atoms with Crippen LogP contribution in [0.15, 0.2) is 34.9 Å². The summed E-state index contributed by atoms with van der Waals surface area (Å²) in [5.41, 5.74) is 1.47. The summed E-state index contributed by atoms with van der Waals surface area (Å²) in [6.07, 6.45) is 4.52. The molecule has 0 atom stereocenters. The highest BCUT2D eigenvalue weighted by Gasteiger charge is 2.26. The molecule has 0 unspecified atom stereocenters. The summed E-state index contributed by atoms with van der Waals surface area (Å²) >= 11 is 0. The minimum atomic E-state index is -0.129. The van der Waals surface area contributed by atoms with Crippen molar-refractivity contribution in [2.45, 2.75) is 25.9 Å². The number of ether oxygens (including phenoxy) is 2. The Morgan fingerprint density at radius 2 is 2.10 bits per heavy atom. The second kappa shape index (κ2) is 5.99. The number of carbonyl (C=O) groups is 1. The van der Waals surface area contributed by atoms with Crippen molar-refractivity contribution in [1.29, 1.82) is 0 Å². The standard InChI is InChI=1S/C16H17NO4/c1-19-14-7-5-11(6-8-14)15-17-13(9-20-15)10-21-16(18)12-3-2-4-12/h5-9,12H,2-4,10H2,1H3. The van der Waals surface area contributed by atoms with E-state index >= 15 is 0 Å². The Hall–Kier alpha value is -2.30. The Morgan fingerprint density at radius 3 is 2.71 bits per heavy atom. The quantitative estimate of drug-likeness (QED) is 0.790. The van der Waals surface area contributed by atoms with Crippen molar-refractivity contribution in [3.63, 3.8) is 0 Å². The number of carbonyl (C=O) groups excluding carboxylic acids is 1. The number of hydrogen-bond acceptors (Lipinski definition) is 5. The highest BCUT2D eigenvalue weighted by atomic mass is 16.5. The number of benzene rings is 1. The van der Waals surface area contributed by atoms with E-state index in [0.717, 1.165) is 30.6 Å². The van der Waals surface area contributed by atoms with Gasteiger partial charge < -0.3 is 13.9 Å².